The van der Waals surface area contributed by atoms with Crippen LogP contribution in [0.15, 0.2) is 42.7 Å². The number of halogens is 1. The van der Waals surface area contributed by atoms with Crippen molar-refractivity contribution in [3.63, 3.8) is 0 Å². The van der Waals surface area contributed by atoms with Crippen LogP contribution in [0.2, 0.25) is 0 Å². The minimum absolute atomic E-state index is 0.0323. The number of carbonyl (C=O) groups is 1. The van der Waals surface area contributed by atoms with Crippen molar-refractivity contribution in [2.75, 3.05) is 26.7 Å². The molecular formula is C28H28IN5O2S. The molecule has 2 aromatic heterocycles. The molecule has 6 rings (SSSR count). The molecule has 4 heterocycles. The Bertz CT molecular complexity index is 1550. The topological polar surface area (TPSA) is 74.5 Å². The average Bonchev–Trinajstić information content (AvgIpc) is 3.24. The van der Waals surface area contributed by atoms with Gasteiger partial charge < -0.3 is 14.9 Å². The van der Waals surface area contributed by atoms with Crippen LogP contribution >= 0.6 is 30.3 Å². The van der Waals surface area contributed by atoms with Crippen molar-refractivity contribution in [2.45, 2.75) is 32.9 Å². The Balaban J connectivity index is 1.41. The second kappa shape index (κ2) is 9.68. The number of aryl methyl sites for hydroxylation is 2. The number of hydrogen-bond acceptors (Lipinski definition) is 6. The summed E-state index contributed by atoms with van der Waals surface area (Å²) in [5.41, 5.74) is 11.3. The number of aliphatic hydroxyl groups is 1. The standard InChI is InChI=1S/C28H28IN5O2S/c1-16-9-19(10-20-12-32(3)7-6-22(16)20)25-11-30-27-26(31-25)24(15-34(27)37-29)18-4-5-23(17(2)8-18)28(36)33-13-21(35)14-33/h4-5,8-11,15,21,35H,6-7,12-14H2,1-3H3. The molecule has 0 bridgehead atoms. The Labute approximate surface area is 232 Å². The SMILES string of the molecule is Cc1cc(-c2cn(SI)c3ncc(-c4cc(C)c5c(c4)CN(C)CC5)nc23)ccc1C(=O)N1CC(O)C1. The van der Waals surface area contributed by atoms with E-state index in [-0.39, 0.29) is 5.91 Å². The Morgan fingerprint density at radius 3 is 2.65 bits per heavy atom. The number of amides is 1. The van der Waals surface area contributed by atoms with Gasteiger partial charge in [-0.2, -0.15) is 0 Å². The third kappa shape index (κ3) is 4.45. The van der Waals surface area contributed by atoms with Gasteiger partial charge in [-0.3, -0.25) is 8.77 Å². The lowest BCUT2D eigenvalue weighted by molar-refractivity contribution is 0.00584. The normalized spacial score (nSPS) is 16.2. The van der Waals surface area contributed by atoms with Crippen LogP contribution in [0.3, 0.4) is 0 Å². The van der Waals surface area contributed by atoms with Crippen molar-refractivity contribution in [2.24, 2.45) is 0 Å². The summed E-state index contributed by atoms with van der Waals surface area (Å²) in [6.45, 7) is 7.00. The highest BCUT2D eigenvalue weighted by Crippen LogP contribution is 2.36. The van der Waals surface area contributed by atoms with Gasteiger partial charge in [-0.25, -0.2) is 9.97 Å². The maximum absolute atomic E-state index is 12.8. The van der Waals surface area contributed by atoms with Crippen LogP contribution in [-0.2, 0) is 13.0 Å². The van der Waals surface area contributed by atoms with Gasteiger partial charge in [0.05, 0.1) is 18.0 Å². The Morgan fingerprint density at radius 1 is 1.14 bits per heavy atom. The van der Waals surface area contributed by atoms with Crippen molar-refractivity contribution >= 4 is 47.4 Å². The molecule has 4 aromatic rings. The molecule has 2 aliphatic heterocycles. The molecule has 0 atom stereocenters. The molecule has 2 aliphatic rings. The summed E-state index contributed by atoms with van der Waals surface area (Å²) in [5.74, 6) is -0.0323. The molecule has 0 radical (unpaired) electrons. The van der Waals surface area contributed by atoms with E-state index in [2.05, 4.69) is 58.4 Å². The largest absolute Gasteiger partial charge is 0.389 e. The Hall–Kier alpha value is -2.47. The lowest BCUT2D eigenvalue weighted by atomic mass is 9.92. The smallest absolute Gasteiger partial charge is 0.254 e. The first-order chi connectivity index (χ1) is 17.8. The quantitative estimate of drug-likeness (QED) is 0.321. The summed E-state index contributed by atoms with van der Waals surface area (Å²) in [7, 11) is 3.73. The minimum atomic E-state index is -0.409. The highest BCUT2D eigenvalue weighted by atomic mass is 127. The maximum atomic E-state index is 12.8. The molecule has 1 N–H and O–H groups in total. The number of likely N-dealkylation sites (tertiary alicyclic amines) is 1. The second-order valence-electron chi connectivity index (χ2n) is 10.2. The average molecular weight is 626 g/mol. The van der Waals surface area contributed by atoms with E-state index in [1.807, 2.05) is 35.3 Å². The molecule has 0 aliphatic carbocycles. The van der Waals surface area contributed by atoms with Crippen LogP contribution < -0.4 is 0 Å². The van der Waals surface area contributed by atoms with Crippen LogP contribution in [0.25, 0.3) is 33.5 Å². The number of fused-ring (bicyclic) bond motifs is 2. The predicted molar refractivity (Wildman–Crippen MR) is 157 cm³/mol. The van der Waals surface area contributed by atoms with Crippen molar-refractivity contribution in [1.29, 1.82) is 0 Å². The van der Waals surface area contributed by atoms with Gasteiger partial charge >= 0.3 is 0 Å². The first-order valence-electron chi connectivity index (χ1n) is 12.4. The third-order valence-electron chi connectivity index (χ3n) is 7.50. The monoisotopic (exact) mass is 625 g/mol. The van der Waals surface area contributed by atoms with Gasteiger partial charge in [-0.1, -0.05) is 12.1 Å². The molecule has 1 fully saturated rings. The van der Waals surface area contributed by atoms with E-state index in [0.717, 1.165) is 58.6 Å². The van der Waals surface area contributed by atoms with Gasteiger partial charge in [0.25, 0.3) is 5.91 Å². The highest BCUT2D eigenvalue weighted by Gasteiger charge is 2.30. The number of aromatic nitrogens is 3. The van der Waals surface area contributed by atoms with Crippen LogP contribution in [0, 0.1) is 13.8 Å². The zero-order valence-corrected chi connectivity index (χ0v) is 24.0. The van der Waals surface area contributed by atoms with E-state index in [4.69, 9.17) is 9.97 Å². The Morgan fingerprint density at radius 2 is 1.92 bits per heavy atom. The minimum Gasteiger partial charge on any atom is -0.389 e. The number of β-amino-alcohol motifs (C(OH)–C–C–N with tert-alkyl or cyclic N) is 1. The molecule has 0 spiro atoms. The summed E-state index contributed by atoms with van der Waals surface area (Å²) >= 11 is 2.26. The Kier molecular flexibility index (Phi) is 6.50. The summed E-state index contributed by atoms with van der Waals surface area (Å²) in [4.78, 5) is 26.8. The lowest BCUT2D eigenvalue weighted by Gasteiger charge is -2.36. The van der Waals surface area contributed by atoms with Crippen molar-refractivity contribution in [3.05, 3.63) is 70.5 Å². The summed E-state index contributed by atoms with van der Waals surface area (Å²) in [6.07, 6.45) is 4.62. The van der Waals surface area contributed by atoms with Gasteiger partial charge in [0.1, 0.15) is 5.52 Å². The van der Waals surface area contributed by atoms with Gasteiger partial charge in [0, 0.05) is 79.4 Å². The fourth-order valence-corrected chi connectivity index (χ4v) is 6.68. The fraction of sp³-hybridized carbons (Fsp3) is 0.321. The number of benzene rings is 2. The first kappa shape index (κ1) is 24.8. The van der Waals surface area contributed by atoms with Gasteiger partial charge in [0.15, 0.2) is 5.65 Å². The van der Waals surface area contributed by atoms with Gasteiger partial charge in [-0.15, -0.1) is 0 Å². The van der Waals surface area contributed by atoms with Gasteiger partial charge in [0.2, 0.25) is 0 Å². The zero-order chi connectivity index (χ0) is 25.8. The molecule has 9 heteroatoms. The predicted octanol–water partition coefficient (Wildman–Crippen LogP) is 5.03. The van der Waals surface area contributed by atoms with E-state index in [0.29, 0.717) is 18.7 Å². The van der Waals surface area contributed by atoms with Crippen LogP contribution in [-0.4, -0.2) is 67.5 Å². The number of nitrogens with zero attached hydrogens (tertiary/aromatic N) is 5. The van der Waals surface area contributed by atoms with Crippen molar-refractivity contribution in [1.82, 2.24) is 23.7 Å². The van der Waals surface area contributed by atoms with Crippen LogP contribution in [0.5, 0.6) is 0 Å². The third-order valence-corrected chi connectivity index (χ3v) is 9.20. The summed E-state index contributed by atoms with van der Waals surface area (Å²) < 4.78 is 2.03. The first-order valence-corrected chi connectivity index (χ1v) is 15.7. The molecule has 1 amide bonds. The molecule has 7 nitrogen and oxygen atoms in total. The second-order valence-corrected chi connectivity index (χ2v) is 11.9. The van der Waals surface area contributed by atoms with E-state index in [1.54, 1.807) is 14.0 Å². The van der Waals surface area contributed by atoms with E-state index in [1.165, 1.54) is 16.7 Å². The molecule has 1 saturated heterocycles. The maximum Gasteiger partial charge on any atom is 0.254 e. The number of hydrogen-bond donors (Lipinski definition) is 1. The van der Waals surface area contributed by atoms with Crippen LogP contribution in [0.4, 0.5) is 0 Å². The molecule has 2 aromatic carbocycles. The molecule has 0 saturated carbocycles. The van der Waals surface area contributed by atoms with E-state index < -0.39 is 6.10 Å². The van der Waals surface area contributed by atoms with Crippen molar-refractivity contribution < 1.29 is 9.90 Å². The van der Waals surface area contributed by atoms with Crippen molar-refractivity contribution in [3.8, 4) is 22.4 Å². The molecule has 37 heavy (non-hydrogen) atoms. The number of aliphatic hydroxyl groups excluding tert-OH is 1. The number of rotatable bonds is 4. The van der Waals surface area contributed by atoms with Gasteiger partial charge in [-0.05, 0) is 73.3 Å². The molecular weight excluding hydrogens is 597 g/mol. The van der Waals surface area contributed by atoms with Crippen LogP contribution in [0.1, 0.15) is 32.6 Å². The fourth-order valence-electron chi connectivity index (χ4n) is 5.44. The van der Waals surface area contributed by atoms with E-state index in [9.17, 15) is 9.90 Å². The number of likely N-dealkylation sites (N-methyl/N-ethyl adjacent to an activating group) is 1. The summed E-state index contributed by atoms with van der Waals surface area (Å²) in [5, 5.41) is 9.58. The highest BCUT2D eigenvalue weighted by molar-refractivity contribution is 14.2. The molecule has 190 valence electrons. The zero-order valence-electron chi connectivity index (χ0n) is 21.0. The lowest BCUT2D eigenvalue weighted by Crippen LogP contribution is -2.53. The summed E-state index contributed by atoms with van der Waals surface area (Å²) in [6, 6.07) is 10.4. The number of carbonyl (C=O) groups excluding carboxylic acids is 1. The van der Waals surface area contributed by atoms with E-state index >= 15 is 0 Å². The molecule has 0 unspecified atom stereocenters.